The zero-order valence-corrected chi connectivity index (χ0v) is 19.3. The second kappa shape index (κ2) is 9.62. The molecule has 8 nitrogen and oxygen atoms in total. The number of nitrogens with zero attached hydrogens (tertiary/aromatic N) is 3. The highest BCUT2D eigenvalue weighted by Crippen LogP contribution is 2.28. The topological polar surface area (TPSA) is 114 Å². The third kappa shape index (κ3) is 4.50. The number of fused-ring (bicyclic) bond motifs is 1. The van der Waals surface area contributed by atoms with E-state index in [0.717, 1.165) is 0 Å². The van der Waals surface area contributed by atoms with Gasteiger partial charge in [0.1, 0.15) is 11.7 Å². The second-order valence-electron chi connectivity index (χ2n) is 7.53. The number of halogens is 2. The van der Waals surface area contributed by atoms with Crippen LogP contribution in [0.2, 0.25) is 10.0 Å². The number of pyridine rings is 1. The van der Waals surface area contributed by atoms with Crippen molar-refractivity contribution in [1.29, 1.82) is 0 Å². The minimum absolute atomic E-state index is 0.00131. The summed E-state index contributed by atoms with van der Waals surface area (Å²) >= 11 is 12.2. The lowest BCUT2D eigenvalue weighted by Crippen LogP contribution is -2.42. The fourth-order valence-electron chi connectivity index (χ4n) is 3.65. The Morgan fingerprint density at radius 2 is 1.79 bits per heavy atom. The first-order valence-electron chi connectivity index (χ1n) is 10.1. The molecule has 4 aromatic rings. The van der Waals surface area contributed by atoms with Gasteiger partial charge < -0.3 is 15.0 Å². The molecule has 0 bridgehead atoms. The number of hydrogen-bond acceptors (Lipinski definition) is 5. The van der Waals surface area contributed by atoms with E-state index >= 15 is 0 Å². The smallest absolute Gasteiger partial charge is 0.326 e. The van der Waals surface area contributed by atoms with E-state index in [2.05, 4.69) is 15.3 Å². The first kappa shape index (κ1) is 23.4. The molecule has 0 unspecified atom stereocenters. The van der Waals surface area contributed by atoms with E-state index in [0.29, 0.717) is 22.0 Å². The van der Waals surface area contributed by atoms with Crippen molar-refractivity contribution in [2.24, 2.45) is 7.05 Å². The first-order valence-corrected chi connectivity index (χ1v) is 10.9. The first-order chi connectivity index (χ1) is 16.3. The number of aromatic nitrogens is 3. The van der Waals surface area contributed by atoms with Crippen molar-refractivity contribution < 1.29 is 14.7 Å². The summed E-state index contributed by atoms with van der Waals surface area (Å²) in [5, 5.41) is 13.1. The van der Waals surface area contributed by atoms with Crippen LogP contribution in [0.4, 0.5) is 0 Å². The standard InChI is InChI=1S/C24H18Cl2N4O4/c1-30-11-10-28-21(23(30)32)15-8-7-13(20-14(15)4-3-9-27-20)12-18(24(33)34)29-22(31)19-16(25)5-2-6-17(19)26/h2-11,18H,12H2,1H3,(H,29,31)(H,33,34)/t18-/m0/s1. The van der Waals surface area contributed by atoms with Gasteiger partial charge in [-0.2, -0.15) is 0 Å². The Bertz CT molecular complexity index is 1470. The maximum Gasteiger partial charge on any atom is 0.326 e. The van der Waals surface area contributed by atoms with E-state index in [-0.39, 0.29) is 33.3 Å². The van der Waals surface area contributed by atoms with Crippen molar-refractivity contribution in [2.75, 3.05) is 0 Å². The van der Waals surface area contributed by atoms with Gasteiger partial charge in [-0.3, -0.25) is 14.6 Å². The van der Waals surface area contributed by atoms with E-state index in [4.69, 9.17) is 23.2 Å². The van der Waals surface area contributed by atoms with Crippen LogP contribution in [0.1, 0.15) is 15.9 Å². The van der Waals surface area contributed by atoms with Crippen molar-refractivity contribution in [3.63, 3.8) is 0 Å². The second-order valence-corrected chi connectivity index (χ2v) is 8.34. The molecule has 0 radical (unpaired) electrons. The number of carboxylic acids is 1. The zero-order valence-electron chi connectivity index (χ0n) is 17.8. The number of carbonyl (C=O) groups excluding carboxylic acids is 1. The fraction of sp³-hybridized carbons (Fsp3) is 0.125. The van der Waals surface area contributed by atoms with Gasteiger partial charge in [0.25, 0.3) is 11.5 Å². The molecule has 172 valence electrons. The summed E-state index contributed by atoms with van der Waals surface area (Å²) in [6, 6.07) is 10.2. The molecule has 1 amide bonds. The largest absolute Gasteiger partial charge is 0.480 e. The Hall–Kier alpha value is -3.75. The van der Waals surface area contributed by atoms with Crippen LogP contribution in [-0.4, -0.2) is 37.6 Å². The van der Waals surface area contributed by atoms with Gasteiger partial charge in [-0.25, -0.2) is 9.78 Å². The van der Waals surface area contributed by atoms with Crippen LogP contribution in [0, 0.1) is 0 Å². The lowest BCUT2D eigenvalue weighted by molar-refractivity contribution is -0.139. The van der Waals surface area contributed by atoms with Gasteiger partial charge in [0.05, 0.1) is 21.1 Å². The molecule has 34 heavy (non-hydrogen) atoms. The van der Waals surface area contributed by atoms with Gasteiger partial charge in [-0.1, -0.05) is 47.5 Å². The Labute approximate surface area is 203 Å². The third-order valence-electron chi connectivity index (χ3n) is 5.34. The molecular formula is C24H18Cl2N4O4. The Kier molecular flexibility index (Phi) is 6.63. The van der Waals surface area contributed by atoms with Crippen LogP contribution in [0.25, 0.3) is 22.2 Å². The Balaban J connectivity index is 1.72. The maximum absolute atomic E-state index is 12.8. The Morgan fingerprint density at radius 3 is 2.50 bits per heavy atom. The molecule has 4 rings (SSSR count). The summed E-state index contributed by atoms with van der Waals surface area (Å²) < 4.78 is 1.42. The van der Waals surface area contributed by atoms with Crippen LogP contribution in [-0.2, 0) is 18.3 Å². The molecular weight excluding hydrogens is 479 g/mol. The molecule has 0 saturated carbocycles. The lowest BCUT2D eigenvalue weighted by atomic mass is 9.97. The van der Waals surface area contributed by atoms with Crippen LogP contribution in [0.5, 0.6) is 0 Å². The van der Waals surface area contributed by atoms with Crippen molar-refractivity contribution in [2.45, 2.75) is 12.5 Å². The molecule has 1 atom stereocenters. The van der Waals surface area contributed by atoms with Gasteiger partial charge >= 0.3 is 5.97 Å². The number of rotatable bonds is 6. The molecule has 10 heteroatoms. The molecule has 0 spiro atoms. The highest BCUT2D eigenvalue weighted by Gasteiger charge is 2.25. The van der Waals surface area contributed by atoms with Crippen molar-refractivity contribution in [3.8, 4) is 11.3 Å². The summed E-state index contributed by atoms with van der Waals surface area (Å²) in [6.45, 7) is 0. The monoisotopic (exact) mass is 496 g/mol. The highest BCUT2D eigenvalue weighted by molar-refractivity contribution is 6.39. The molecule has 2 aromatic carbocycles. The summed E-state index contributed by atoms with van der Waals surface area (Å²) in [4.78, 5) is 46.0. The summed E-state index contributed by atoms with van der Waals surface area (Å²) in [5.74, 6) is -1.93. The number of aliphatic carboxylic acids is 1. The average Bonchev–Trinajstić information content (AvgIpc) is 2.80. The molecule has 2 N–H and O–H groups in total. The number of carboxylic acid groups (broad SMARTS) is 1. The molecule has 0 saturated heterocycles. The fourth-order valence-corrected chi connectivity index (χ4v) is 4.22. The number of carbonyl (C=O) groups is 2. The molecule has 0 aliphatic heterocycles. The maximum atomic E-state index is 12.8. The quantitative estimate of drug-likeness (QED) is 0.420. The minimum Gasteiger partial charge on any atom is -0.480 e. The third-order valence-corrected chi connectivity index (χ3v) is 5.97. The predicted molar refractivity (Wildman–Crippen MR) is 129 cm³/mol. The van der Waals surface area contributed by atoms with Crippen molar-refractivity contribution in [1.82, 2.24) is 19.9 Å². The molecule has 2 aromatic heterocycles. The van der Waals surface area contributed by atoms with Crippen molar-refractivity contribution in [3.05, 3.63) is 92.6 Å². The summed E-state index contributed by atoms with van der Waals surface area (Å²) in [7, 11) is 1.63. The lowest BCUT2D eigenvalue weighted by Gasteiger charge is -2.17. The molecule has 0 aliphatic rings. The number of benzene rings is 2. The SMILES string of the molecule is Cn1ccnc(-c2ccc(C[C@H](NC(=O)c3c(Cl)cccc3Cl)C(=O)O)c3ncccc23)c1=O. The molecule has 0 fully saturated rings. The van der Waals surface area contributed by atoms with Crippen molar-refractivity contribution >= 4 is 46.0 Å². The number of amides is 1. The van der Waals surface area contributed by atoms with E-state index in [1.54, 1.807) is 49.8 Å². The minimum atomic E-state index is -1.28. The number of hydrogen-bond donors (Lipinski definition) is 2. The number of aryl methyl sites for hydroxylation is 1. The van der Waals surface area contributed by atoms with Gasteiger partial charge in [-0.05, 0) is 23.8 Å². The zero-order chi connectivity index (χ0) is 24.4. The number of nitrogens with one attached hydrogen (secondary N) is 1. The Morgan fingerprint density at radius 1 is 1.06 bits per heavy atom. The van der Waals surface area contributed by atoms with E-state index < -0.39 is 17.9 Å². The normalized spacial score (nSPS) is 11.9. The predicted octanol–water partition coefficient (Wildman–Crippen LogP) is 3.73. The van der Waals surface area contributed by atoms with Crippen LogP contribution < -0.4 is 10.9 Å². The van der Waals surface area contributed by atoms with Gasteiger partial charge in [0, 0.05) is 43.0 Å². The van der Waals surface area contributed by atoms with Gasteiger partial charge in [0.2, 0.25) is 0 Å². The van der Waals surface area contributed by atoms with E-state index in [1.807, 2.05) is 0 Å². The van der Waals surface area contributed by atoms with E-state index in [1.165, 1.54) is 22.9 Å². The van der Waals surface area contributed by atoms with Gasteiger partial charge in [-0.15, -0.1) is 0 Å². The van der Waals surface area contributed by atoms with E-state index in [9.17, 15) is 19.5 Å². The summed E-state index contributed by atoms with van der Waals surface area (Å²) in [5.41, 5.74) is 1.64. The highest BCUT2D eigenvalue weighted by atomic mass is 35.5. The van der Waals surface area contributed by atoms with Crippen LogP contribution in [0.3, 0.4) is 0 Å². The molecule has 2 heterocycles. The van der Waals surface area contributed by atoms with Crippen LogP contribution in [0.15, 0.2) is 65.8 Å². The van der Waals surface area contributed by atoms with Gasteiger partial charge in [0.15, 0.2) is 0 Å². The summed E-state index contributed by atoms with van der Waals surface area (Å²) in [6.07, 6.45) is 4.61. The average molecular weight is 497 g/mol. The van der Waals surface area contributed by atoms with Crippen LogP contribution >= 0.6 is 23.2 Å². The molecule has 0 aliphatic carbocycles.